The first-order valence-corrected chi connectivity index (χ1v) is 26.0. The average molecular weight is 945 g/mol. The highest BCUT2D eigenvalue weighted by atomic mass is 16.1. The van der Waals surface area contributed by atoms with Crippen LogP contribution in [0.1, 0.15) is 0 Å². The zero-order chi connectivity index (χ0) is 48.5. The van der Waals surface area contributed by atoms with E-state index in [0.717, 1.165) is 48.7 Å². The highest BCUT2D eigenvalue weighted by Crippen LogP contribution is 2.62. The first-order valence-electron chi connectivity index (χ1n) is 26.0. The van der Waals surface area contributed by atoms with Crippen LogP contribution in [0.25, 0.3) is 190 Å². The molecule has 3 nitrogen and oxygen atoms in total. The number of nitrogens with zero attached hydrogens (tertiary/aromatic N) is 2. The van der Waals surface area contributed by atoms with Crippen LogP contribution in [-0.2, 0) is 0 Å². The molecule has 0 spiro atoms. The van der Waals surface area contributed by atoms with Gasteiger partial charge in [0.2, 0.25) is 0 Å². The molecule has 0 N–H and O–H groups in total. The first kappa shape index (κ1) is 38.7. The van der Waals surface area contributed by atoms with Gasteiger partial charge in [0.15, 0.2) is 0 Å². The Labute approximate surface area is 426 Å². The Kier molecular flexibility index (Phi) is 6.89. The van der Waals surface area contributed by atoms with E-state index in [1.54, 1.807) is 0 Å². The molecule has 1 aliphatic carbocycles. The van der Waals surface area contributed by atoms with E-state index in [4.69, 9.17) is 4.98 Å². The number of aromatic nitrogens is 2. The zero-order valence-electron chi connectivity index (χ0n) is 40.1. The third kappa shape index (κ3) is 4.50. The molecule has 0 bridgehead atoms. The average Bonchev–Trinajstić information content (AvgIpc) is 4.07. The molecule has 16 aromatic carbocycles. The number of pyridine rings is 1. The van der Waals surface area contributed by atoms with Crippen molar-refractivity contribution in [3.8, 4) is 44.5 Å². The lowest BCUT2D eigenvalue weighted by Gasteiger charge is -2.23. The van der Waals surface area contributed by atoms with Crippen molar-refractivity contribution in [3.05, 3.63) is 229 Å². The van der Waals surface area contributed by atoms with E-state index in [1.807, 2.05) is 10.5 Å². The molecule has 18 aromatic rings. The minimum atomic E-state index is -0.0347. The van der Waals surface area contributed by atoms with Crippen molar-refractivity contribution in [3.63, 3.8) is 0 Å². The summed E-state index contributed by atoms with van der Waals surface area (Å²) in [5, 5.41) is 28.6. The molecular formula is C72H36N2O. The zero-order valence-corrected chi connectivity index (χ0v) is 40.1. The second-order valence-electron chi connectivity index (χ2n) is 21.0. The van der Waals surface area contributed by atoms with Gasteiger partial charge in [0.05, 0.1) is 11.0 Å². The summed E-state index contributed by atoms with van der Waals surface area (Å²) in [7, 11) is 0. The lowest BCUT2D eigenvalue weighted by atomic mass is 9.79. The van der Waals surface area contributed by atoms with E-state index < -0.39 is 0 Å². The molecule has 0 amide bonds. The molecule has 3 heteroatoms. The van der Waals surface area contributed by atoms with Gasteiger partial charge in [0.1, 0.15) is 5.65 Å². The summed E-state index contributed by atoms with van der Waals surface area (Å²) in [6.45, 7) is 0. The van der Waals surface area contributed by atoms with Gasteiger partial charge >= 0.3 is 0 Å². The molecule has 0 saturated carbocycles. The molecule has 340 valence electrons. The largest absolute Gasteiger partial charge is 0.268 e. The molecule has 0 atom stereocenters. The number of rotatable bonds is 2. The molecule has 19 rings (SSSR count). The Balaban J connectivity index is 0.949. The van der Waals surface area contributed by atoms with Crippen molar-refractivity contribution >= 4 is 146 Å². The Morgan fingerprint density at radius 2 is 0.653 bits per heavy atom. The summed E-state index contributed by atoms with van der Waals surface area (Å²) in [6, 6.07) is 80.8. The van der Waals surface area contributed by atoms with E-state index in [0.29, 0.717) is 11.0 Å². The van der Waals surface area contributed by atoms with Gasteiger partial charge in [-0.2, -0.15) is 0 Å². The maximum atomic E-state index is 14.9. The van der Waals surface area contributed by atoms with Crippen molar-refractivity contribution in [2.75, 3.05) is 0 Å². The van der Waals surface area contributed by atoms with Gasteiger partial charge in [-0.3, -0.25) is 9.20 Å². The molecule has 0 aliphatic heterocycles. The van der Waals surface area contributed by atoms with Gasteiger partial charge in [-0.05, 0) is 176 Å². The minimum Gasteiger partial charge on any atom is -0.268 e. The predicted octanol–water partition coefficient (Wildman–Crippen LogP) is 19.0. The Hall–Kier alpha value is -9.96. The molecule has 0 radical (unpaired) electrons. The van der Waals surface area contributed by atoms with Gasteiger partial charge in [-0.25, -0.2) is 4.98 Å². The Bertz CT molecular complexity index is 5480. The van der Waals surface area contributed by atoms with Gasteiger partial charge in [0.25, 0.3) is 5.56 Å². The van der Waals surface area contributed by atoms with Crippen LogP contribution < -0.4 is 5.56 Å². The van der Waals surface area contributed by atoms with E-state index in [9.17, 15) is 4.79 Å². The molecule has 0 saturated heterocycles. The summed E-state index contributed by atoms with van der Waals surface area (Å²) in [6.07, 6.45) is 0. The minimum absolute atomic E-state index is 0.0347. The number of benzene rings is 16. The lowest BCUT2D eigenvalue weighted by Crippen LogP contribution is -2.16. The highest BCUT2D eigenvalue weighted by Gasteiger charge is 2.34. The summed E-state index contributed by atoms with van der Waals surface area (Å²) in [4.78, 5) is 20.2. The fourth-order valence-electron chi connectivity index (χ4n) is 14.9. The van der Waals surface area contributed by atoms with E-state index in [-0.39, 0.29) is 5.56 Å². The van der Waals surface area contributed by atoms with Crippen LogP contribution in [0.3, 0.4) is 0 Å². The second kappa shape index (κ2) is 13.4. The van der Waals surface area contributed by atoms with Gasteiger partial charge in [0, 0.05) is 21.5 Å². The van der Waals surface area contributed by atoms with Crippen molar-refractivity contribution in [2.24, 2.45) is 0 Å². The number of fused-ring (bicyclic) bond motifs is 16. The predicted molar refractivity (Wildman–Crippen MR) is 318 cm³/mol. The van der Waals surface area contributed by atoms with Gasteiger partial charge < -0.3 is 0 Å². The van der Waals surface area contributed by atoms with Crippen LogP contribution in [0.2, 0.25) is 0 Å². The van der Waals surface area contributed by atoms with Crippen LogP contribution in [-0.4, -0.2) is 9.38 Å². The smallest absolute Gasteiger partial charge is 0.264 e. The van der Waals surface area contributed by atoms with E-state index in [1.165, 1.54) is 131 Å². The number of hydrogen-bond donors (Lipinski definition) is 0. The van der Waals surface area contributed by atoms with Crippen LogP contribution >= 0.6 is 0 Å². The topological polar surface area (TPSA) is 34.4 Å². The van der Waals surface area contributed by atoms with E-state index in [2.05, 4.69) is 212 Å². The molecule has 2 aromatic heterocycles. The molecule has 0 unspecified atom stereocenters. The van der Waals surface area contributed by atoms with Gasteiger partial charge in [-0.15, -0.1) is 0 Å². The lowest BCUT2D eigenvalue weighted by molar-refractivity contribution is 1.15. The quantitative estimate of drug-likeness (QED) is 0.128. The van der Waals surface area contributed by atoms with Crippen LogP contribution in [0, 0.1) is 0 Å². The van der Waals surface area contributed by atoms with Gasteiger partial charge in [-0.1, -0.05) is 194 Å². The monoisotopic (exact) mass is 944 g/mol. The Morgan fingerprint density at radius 3 is 1.16 bits per heavy atom. The fourth-order valence-corrected chi connectivity index (χ4v) is 14.9. The van der Waals surface area contributed by atoms with Crippen molar-refractivity contribution in [2.45, 2.75) is 0 Å². The molecular weight excluding hydrogens is 909 g/mol. The maximum Gasteiger partial charge on any atom is 0.264 e. The van der Waals surface area contributed by atoms with E-state index >= 15 is 0 Å². The fraction of sp³-hybridized carbons (Fsp3) is 0. The standard InChI is InChI=1S/C72H36N2O/c75-72-55-36-32-51-47-28-26-45-49-30-34-53-65-52(69-59(38-13-3-1-4-14-38)67-42-21-9-7-19-40(42)41-20-8-10-22-43(41)68(67)60(70(53)69)39-15-5-2-6-16-39)33-29-48(63(49)65)44-25-27-46(62(47)61(44)45)50-31-35-54(66(55)64(50)51)71-73-56-23-11-17-37-18-12-24-57(58(37)56)74(71)72/h1-36H. The summed E-state index contributed by atoms with van der Waals surface area (Å²) < 4.78 is 1.85. The van der Waals surface area contributed by atoms with Crippen molar-refractivity contribution in [1.82, 2.24) is 9.38 Å². The maximum absolute atomic E-state index is 14.9. The molecule has 1 aliphatic rings. The van der Waals surface area contributed by atoms with Crippen molar-refractivity contribution in [1.29, 1.82) is 0 Å². The normalized spacial score (nSPS) is 12.9. The van der Waals surface area contributed by atoms with Crippen LogP contribution in [0.15, 0.2) is 223 Å². The summed E-state index contributed by atoms with van der Waals surface area (Å²) in [5.74, 6) is 0. The van der Waals surface area contributed by atoms with Crippen molar-refractivity contribution < 1.29 is 0 Å². The number of hydrogen-bond acceptors (Lipinski definition) is 2. The van der Waals surface area contributed by atoms with Crippen LogP contribution in [0.4, 0.5) is 0 Å². The highest BCUT2D eigenvalue weighted by molar-refractivity contribution is 6.46. The molecule has 75 heavy (non-hydrogen) atoms. The summed E-state index contributed by atoms with van der Waals surface area (Å²) >= 11 is 0. The summed E-state index contributed by atoms with van der Waals surface area (Å²) in [5.41, 5.74) is 12.7. The third-order valence-electron chi connectivity index (χ3n) is 17.7. The SMILES string of the molecule is O=c1c2ccc3c4ccc5c6ccc7c8c(ccc(c9ccc(c%10ccc(c2c3%10)c2nc3cccc%10cccc(c%103)n12)c4c59)c86)-c1c-7c(-c2ccccc2)c2c3ccccc3c3ccccc3c2c1-c1ccccc1. The third-order valence-corrected chi connectivity index (χ3v) is 17.7. The second-order valence-corrected chi connectivity index (χ2v) is 21.0. The van der Waals surface area contributed by atoms with Crippen LogP contribution in [0.5, 0.6) is 0 Å². The molecule has 0 fully saturated rings. The Morgan fingerprint density at radius 1 is 0.267 bits per heavy atom. The molecule has 2 heterocycles. The first-order chi connectivity index (χ1) is 37.2.